The van der Waals surface area contributed by atoms with Crippen LogP contribution < -0.4 is 10.6 Å². The zero-order valence-electron chi connectivity index (χ0n) is 19.3. The number of halogens is 3. The smallest absolute Gasteiger partial charge is 0.441 e. The summed E-state index contributed by atoms with van der Waals surface area (Å²) in [5, 5.41) is 15.4. The summed E-state index contributed by atoms with van der Waals surface area (Å²) in [6.45, 7) is 3.19. The van der Waals surface area contributed by atoms with E-state index in [1.165, 1.54) is 30.5 Å². The van der Waals surface area contributed by atoms with E-state index >= 15 is 0 Å². The normalized spacial score (nSPS) is 13.2. The summed E-state index contributed by atoms with van der Waals surface area (Å²) >= 11 is 0. The Morgan fingerprint density at radius 1 is 1.22 bits per heavy atom. The molecule has 0 saturated heterocycles. The lowest BCUT2D eigenvalue weighted by Gasteiger charge is -2.17. The van der Waals surface area contributed by atoms with Crippen LogP contribution in [0, 0.1) is 0 Å². The highest BCUT2D eigenvalue weighted by Gasteiger charge is 2.30. The number of alkyl halides is 3. The fraction of sp³-hybridized carbons (Fsp3) is 0.261. The third-order valence-electron chi connectivity index (χ3n) is 4.73. The number of aliphatic hydroxyl groups is 1. The Labute approximate surface area is 207 Å². The molecule has 0 aliphatic rings. The van der Waals surface area contributed by atoms with E-state index in [1.807, 2.05) is 0 Å². The minimum atomic E-state index is -4.51. The van der Waals surface area contributed by atoms with Crippen LogP contribution in [0.15, 0.2) is 64.0 Å². The van der Waals surface area contributed by atoms with Crippen molar-refractivity contribution >= 4 is 34.1 Å². The van der Waals surface area contributed by atoms with E-state index < -0.39 is 34.5 Å². The number of nitrogens with one attached hydrogen (secondary N) is 2. The lowest BCUT2D eigenvalue weighted by Crippen LogP contribution is -2.21. The maximum Gasteiger partial charge on any atom is 0.441 e. The van der Waals surface area contributed by atoms with Gasteiger partial charge in [0.1, 0.15) is 5.82 Å². The summed E-state index contributed by atoms with van der Waals surface area (Å²) in [4.78, 5) is 20.3. The summed E-state index contributed by atoms with van der Waals surface area (Å²) in [5.41, 5.74) is 0.283. The number of aliphatic hydroxyl groups excluding tert-OH is 1. The van der Waals surface area contributed by atoms with E-state index in [-0.39, 0.29) is 30.5 Å². The molecule has 3 rings (SSSR count). The van der Waals surface area contributed by atoms with Crippen molar-refractivity contribution in [2.24, 2.45) is 4.36 Å². The molecule has 0 spiro atoms. The number of nitrogens with zero attached hydrogens (tertiary/aromatic N) is 3. The molecule has 1 heterocycles. The number of benzene rings is 2. The summed E-state index contributed by atoms with van der Waals surface area (Å²) in [7, 11) is -2.33. The number of carbonyl (C=O) groups excluding carboxylic acids is 1. The number of rotatable bonds is 8. The predicted octanol–water partition coefficient (Wildman–Crippen LogP) is 4.88. The molecule has 1 aromatic heterocycles. The average Bonchev–Trinajstić information content (AvgIpc) is 2.84. The summed E-state index contributed by atoms with van der Waals surface area (Å²) in [5.74, 6) is 0.355. The van der Waals surface area contributed by atoms with Gasteiger partial charge < -0.3 is 20.5 Å². The molecular weight excluding hydrogens is 499 g/mol. The minimum absolute atomic E-state index is 0.120. The van der Waals surface area contributed by atoms with Crippen LogP contribution in [0.1, 0.15) is 19.4 Å². The van der Waals surface area contributed by atoms with Crippen molar-refractivity contribution in [3.8, 4) is 11.1 Å². The minimum Gasteiger partial charge on any atom is -0.448 e. The quantitative estimate of drug-likeness (QED) is 0.308. The molecule has 9 nitrogen and oxygen atoms in total. The van der Waals surface area contributed by atoms with Crippen LogP contribution in [-0.4, -0.2) is 44.6 Å². The number of anilines is 3. The molecule has 1 amide bonds. The molecule has 0 bridgehead atoms. The summed E-state index contributed by atoms with van der Waals surface area (Å²) in [6, 6.07) is 10.5. The highest BCUT2D eigenvalue weighted by Crippen LogP contribution is 2.34. The Morgan fingerprint density at radius 3 is 2.58 bits per heavy atom. The van der Waals surface area contributed by atoms with Crippen LogP contribution in [0.3, 0.4) is 0 Å². The van der Waals surface area contributed by atoms with Crippen molar-refractivity contribution in [1.82, 2.24) is 9.97 Å². The molecule has 0 aliphatic heterocycles. The van der Waals surface area contributed by atoms with Crippen molar-refractivity contribution in [3.05, 3.63) is 60.3 Å². The molecule has 0 aliphatic carbocycles. The maximum absolute atomic E-state index is 13.2. The Balaban J connectivity index is 1.88. The van der Waals surface area contributed by atoms with E-state index in [2.05, 4.69) is 29.7 Å². The highest BCUT2D eigenvalue weighted by molar-refractivity contribution is 7.75. The van der Waals surface area contributed by atoms with Gasteiger partial charge in [0.2, 0.25) is 5.95 Å². The average molecular weight is 524 g/mol. The van der Waals surface area contributed by atoms with Gasteiger partial charge in [-0.2, -0.15) is 18.2 Å². The van der Waals surface area contributed by atoms with Gasteiger partial charge in [-0.15, -0.1) is 4.36 Å². The first-order valence-electron chi connectivity index (χ1n) is 10.8. The second-order valence-electron chi connectivity index (χ2n) is 7.51. The summed E-state index contributed by atoms with van der Waals surface area (Å²) in [6.07, 6.45) is -4.04. The van der Waals surface area contributed by atoms with Gasteiger partial charge in [-0.05, 0) is 55.8 Å². The largest absolute Gasteiger partial charge is 0.448 e. The van der Waals surface area contributed by atoms with Crippen LogP contribution in [0.4, 0.5) is 35.4 Å². The molecule has 3 aromatic rings. The fourth-order valence-corrected chi connectivity index (χ4v) is 3.72. The highest BCUT2D eigenvalue weighted by atomic mass is 32.2. The Kier molecular flexibility index (Phi) is 8.83. The molecule has 0 fully saturated rings. The van der Waals surface area contributed by atoms with Crippen molar-refractivity contribution in [2.75, 3.05) is 23.8 Å². The zero-order valence-corrected chi connectivity index (χ0v) is 20.2. The van der Waals surface area contributed by atoms with E-state index in [0.29, 0.717) is 16.1 Å². The standard InChI is InChI=1S/C23H24F3N5O4S/c1-3-35-22(33)31-36(34)18-9-7-17(8-10-18)29-21-27-12-19(20(30-21)28-14(2)13-32)15-5-4-6-16(11-15)23(24,25)26/h4-12,14,32,36H,3,13H2,1-2H3,(H2,27,28,29,30)/t14-/m1/s1. The van der Waals surface area contributed by atoms with Gasteiger partial charge in [0.25, 0.3) is 0 Å². The van der Waals surface area contributed by atoms with Gasteiger partial charge in [0, 0.05) is 28.4 Å². The molecule has 192 valence electrons. The first kappa shape index (κ1) is 26.9. The third kappa shape index (κ3) is 7.15. The van der Waals surface area contributed by atoms with E-state index in [0.717, 1.165) is 12.1 Å². The Morgan fingerprint density at radius 2 is 1.94 bits per heavy atom. The predicted molar refractivity (Wildman–Crippen MR) is 130 cm³/mol. The molecule has 2 atom stereocenters. The lowest BCUT2D eigenvalue weighted by molar-refractivity contribution is -0.137. The molecule has 1 unspecified atom stereocenters. The van der Waals surface area contributed by atoms with Crippen LogP contribution in [0.25, 0.3) is 11.1 Å². The number of amides is 1. The lowest BCUT2D eigenvalue weighted by atomic mass is 10.0. The van der Waals surface area contributed by atoms with Crippen LogP contribution in [0.2, 0.25) is 0 Å². The first-order chi connectivity index (χ1) is 17.1. The number of hydrogen-bond acceptors (Lipinski definition) is 8. The first-order valence-corrected chi connectivity index (χ1v) is 12.0. The molecule has 36 heavy (non-hydrogen) atoms. The van der Waals surface area contributed by atoms with Gasteiger partial charge in [-0.25, -0.2) is 14.0 Å². The van der Waals surface area contributed by atoms with Gasteiger partial charge in [-0.3, -0.25) is 0 Å². The van der Waals surface area contributed by atoms with Crippen LogP contribution in [-0.2, 0) is 21.5 Å². The summed E-state index contributed by atoms with van der Waals surface area (Å²) < 4.78 is 59.9. The van der Waals surface area contributed by atoms with E-state index in [1.54, 1.807) is 26.0 Å². The topological polar surface area (TPSA) is 126 Å². The van der Waals surface area contributed by atoms with Crippen molar-refractivity contribution in [3.63, 3.8) is 0 Å². The maximum atomic E-state index is 13.2. The fourth-order valence-electron chi connectivity index (χ4n) is 2.99. The third-order valence-corrected chi connectivity index (χ3v) is 5.82. The van der Waals surface area contributed by atoms with Gasteiger partial charge >= 0.3 is 12.3 Å². The second kappa shape index (κ2) is 11.8. The molecular formula is C23H24F3N5O4S. The number of ether oxygens (including phenoxy) is 1. The van der Waals surface area contributed by atoms with E-state index in [4.69, 9.17) is 0 Å². The van der Waals surface area contributed by atoms with Gasteiger partial charge in [0.05, 0.1) is 29.4 Å². The molecule has 0 radical (unpaired) electrons. The monoisotopic (exact) mass is 523 g/mol. The molecule has 3 N–H and O–H groups in total. The van der Waals surface area contributed by atoms with Crippen molar-refractivity contribution in [1.29, 1.82) is 0 Å². The van der Waals surface area contributed by atoms with Crippen LogP contribution in [0.5, 0.6) is 0 Å². The number of hydrogen-bond donors (Lipinski definition) is 4. The number of carbonyl (C=O) groups is 1. The van der Waals surface area contributed by atoms with Crippen molar-refractivity contribution in [2.45, 2.75) is 31.0 Å². The molecule has 13 heteroatoms. The second-order valence-corrected chi connectivity index (χ2v) is 8.77. The molecule has 2 aromatic carbocycles. The van der Waals surface area contributed by atoms with E-state index in [9.17, 15) is 27.3 Å². The number of thiol groups is 1. The van der Waals surface area contributed by atoms with Crippen molar-refractivity contribution < 1.29 is 32.0 Å². The SMILES string of the molecule is CCOC(=O)/N=[SH](=O)/c1ccc(Nc2ncc(-c3cccc(C(F)(F)F)c3)c(N[C@H](C)CO)n2)cc1. The Hall–Kier alpha value is -3.71. The zero-order chi connectivity index (χ0) is 26.3. The van der Waals surface area contributed by atoms with Gasteiger partial charge in [-0.1, -0.05) is 12.1 Å². The Bertz CT molecular complexity index is 1300. The van der Waals surface area contributed by atoms with Crippen LogP contribution >= 0.6 is 0 Å². The van der Waals surface area contributed by atoms with Gasteiger partial charge in [0.15, 0.2) is 0 Å². The molecule has 0 saturated carbocycles. The number of aromatic nitrogens is 2.